The van der Waals surface area contributed by atoms with Gasteiger partial charge in [0.05, 0.1) is 13.2 Å². The second-order valence-electron chi connectivity index (χ2n) is 4.94. The fourth-order valence-electron chi connectivity index (χ4n) is 1.84. The van der Waals surface area contributed by atoms with Gasteiger partial charge in [-0.15, -0.1) is 0 Å². The summed E-state index contributed by atoms with van der Waals surface area (Å²) in [4.78, 5) is 11.2. The minimum Gasteiger partial charge on any atom is -0.492 e. The van der Waals surface area contributed by atoms with E-state index in [2.05, 4.69) is 5.32 Å². The first-order valence-corrected chi connectivity index (χ1v) is 8.12. The van der Waals surface area contributed by atoms with Crippen LogP contribution in [0.4, 0.5) is 4.79 Å². The van der Waals surface area contributed by atoms with Crippen LogP contribution in [0.25, 0.3) is 0 Å². The number of rotatable bonds is 8. The van der Waals surface area contributed by atoms with E-state index in [9.17, 15) is 4.79 Å². The van der Waals surface area contributed by atoms with Crippen molar-refractivity contribution in [1.82, 2.24) is 5.32 Å². The minimum absolute atomic E-state index is 0.357. The van der Waals surface area contributed by atoms with Crippen molar-refractivity contribution >= 4 is 17.7 Å². The van der Waals surface area contributed by atoms with Crippen LogP contribution in [-0.2, 0) is 4.74 Å². The van der Waals surface area contributed by atoms with Crippen LogP contribution in [-0.4, -0.2) is 25.9 Å². The number of amides is 1. The monoisotopic (exact) mass is 349 g/mol. The van der Waals surface area contributed by atoms with Crippen LogP contribution in [0.3, 0.4) is 0 Å². The fourth-order valence-corrected chi connectivity index (χ4v) is 2.02. The molecule has 0 bridgehead atoms. The lowest BCUT2D eigenvalue weighted by molar-refractivity contribution is 0.144. The molecule has 1 N–H and O–H groups in total. The number of ether oxygens (including phenoxy) is 3. The lowest BCUT2D eigenvalue weighted by Gasteiger charge is -2.09. The first-order valence-electron chi connectivity index (χ1n) is 7.74. The Bertz CT molecular complexity index is 646. The topological polar surface area (TPSA) is 56.8 Å². The SMILES string of the molecule is CCCOC(=O)NCCOc1ccc(Oc2cccc(Cl)c2)cc1. The molecule has 0 aliphatic carbocycles. The van der Waals surface area contributed by atoms with Gasteiger partial charge < -0.3 is 19.5 Å². The molecule has 5 nitrogen and oxygen atoms in total. The quantitative estimate of drug-likeness (QED) is 0.705. The summed E-state index contributed by atoms with van der Waals surface area (Å²) < 4.78 is 16.1. The van der Waals surface area contributed by atoms with E-state index in [0.717, 1.165) is 6.42 Å². The van der Waals surface area contributed by atoms with Crippen molar-refractivity contribution in [2.75, 3.05) is 19.8 Å². The zero-order chi connectivity index (χ0) is 17.2. The summed E-state index contributed by atoms with van der Waals surface area (Å²) in [6, 6.07) is 14.4. The Morgan fingerprint density at radius 2 is 1.79 bits per heavy atom. The summed E-state index contributed by atoms with van der Waals surface area (Å²) in [5.41, 5.74) is 0. The summed E-state index contributed by atoms with van der Waals surface area (Å²) in [5.74, 6) is 2.05. The number of benzene rings is 2. The average molecular weight is 350 g/mol. The molecule has 0 aliphatic heterocycles. The van der Waals surface area contributed by atoms with Crippen molar-refractivity contribution in [2.24, 2.45) is 0 Å². The molecule has 0 spiro atoms. The Morgan fingerprint density at radius 3 is 2.50 bits per heavy atom. The van der Waals surface area contributed by atoms with Gasteiger partial charge in [0.15, 0.2) is 0 Å². The van der Waals surface area contributed by atoms with E-state index in [1.54, 1.807) is 36.4 Å². The van der Waals surface area contributed by atoms with Gasteiger partial charge in [-0.1, -0.05) is 24.6 Å². The van der Waals surface area contributed by atoms with Crippen molar-refractivity contribution in [1.29, 1.82) is 0 Å². The average Bonchev–Trinajstić information content (AvgIpc) is 2.58. The molecule has 0 saturated carbocycles. The third-order valence-electron chi connectivity index (χ3n) is 2.93. The molecule has 0 aromatic heterocycles. The molecule has 0 fully saturated rings. The number of nitrogens with one attached hydrogen (secondary N) is 1. The van der Waals surface area contributed by atoms with Crippen molar-refractivity contribution in [3.63, 3.8) is 0 Å². The maximum Gasteiger partial charge on any atom is 0.407 e. The lowest BCUT2D eigenvalue weighted by atomic mass is 10.3. The highest BCUT2D eigenvalue weighted by Gasteiger charge is 2.02. The maximum absolute atomic E-state index is 11.2. The molecule has 0 atom stereocenters. The lowest BCUT2D eigenvalue weighted by Crippen LogP contribution is -2.28. The molecule has 6 heteroatoms. The van der Waals surface area contributed by atoms with E-state index >= 15 is 0 Å². The van der Waals surface area contributed by atoms with E-state index in [1.165, 1.54) is 0 Å². The summed E-state index contributed by atoms with van der Waals surface area (Å²) in [6.07, 6.45) is 0.374. The Labute approximate surface area is 146 Å². The van der Waals surface area contributed by atoms with E-state index in [-0.39, 0.29) is 0 Å². The highest BCUT2D eigenvalue weighted by atomic mass is 35.5. The molecule has 128 valence electrons. The van der Waals surface area contributed by atoms with Gasteiger partial charge in [0.1, 0.15) is 23.9 Å². The highest BCUT2D eigenvalue weighted by Crippen LogP contribution is 2.25. The molecule has 0 heterocycles. The van der Waals surface area contributed by atoms with E-state index < -0.39 is 6.09 Å². The van der Waals surface area contributed by atoms with Crippen LogP contribution in [0.5, 0.6) is 17.2 Å². The van der Waals surface area contributed by atoms with Crippen molar-refractivity contribution in [3.8, 4) is 17.2 Å². The maximum atomic E-state index is 11.2. The van der Waals surface area contributed by atoms with Gasteiger partial charge >= 0.3 is 6.09 Å². The predicted molar refractivity (Wildman–Crippen MR) is 93.1 cm³/mol. The summed E-state index contributed by atoms with van der Waals surface area (Å²) >= 11 is 5.92. The first kappa shape index (κ1) is 17.9. The second kappa shape index (κ2) is 9.67. The second-order valence-corrected chi connectivity index (χ2v) is 5.38. The van der Waals surface area contributed by atoms with Crippen LogP contribution in [0.1, 0.15) is 13.3 Å². The van der Waals surface area contributed by atoms with E-state index in [0.29, 0.717) is 42.0 Å². The number of carbonyl (C=O) groups excluding carboxylic acids is 1. The zero-order valence-electron chi connectivity index (χ0n) is 13.5. The smallest absolute Gasteiger partial charge is 0.407 e. The molecule has 1 amide bonds. The van der Waals surface area contributed by atoms with Gasteiger partial charge in [-0.05, 0) is 48.9 Å². The molecular weight excluding hydrogens is 330 g/mol. The van der Waals surface area contributed by atoms with Gasteiger partial charge in [0, 0.05) is 5.02 Å². The Hall–Kier alpha value is -2.40. The fraction of sp³-hybridized carbons (Fsp3) is 0.278. The van der Waals surface area contributed by atoms with Crippen LogP contribution in [0, 0.1) is 0 Å². The largest absolute Gasteiger partial charge is 0.492 e. The number of hydrogen-bond acceptors (Lipinski definition) is 4. The standard InChI is InChI=1S/C18H20ClNO4/c1-2-11-23-18(21)20-10-12-22-15-6-8-16(9-7-15)24-17-5-3-4-14(19)13-17/h3-9,13H,2,10-12H2,1H3,(H,20,21). The summed E-state index contributed by atoms with van der Waals surface area (Å²) in [6.45, 7) is 3.09. The number of hydrogen-bond donors (Lipinski definition) is 1. The van der Waals surface area contributed by atoms with Gasteiger partial charge in [-0.25, -0.2) is 4.79 Å². The molecule has 2 rings (SSSR count). The number of alkyl carbamates (subject to hydrolysis) is 1. The van der Waals surface area contributed by atoms with Crippen LogP contribution >= 0.6 is 11.6 Å². The van der Waals surface area contributed by atoms with Gasteiger partial charge in [-0.2, -0.15) is 0 Å². The third kappa shape index (κ3) is 6.38. The molecule has 0 saturated heterocycles. The Kier molecular flexibility index (Phi) is 7.23. The number of halogens is 1. The van der Waals surface area contributed by atoms with Crippen LogP contribution in [0.15, 0.2) is 48.5 Å². The molecule has 0 radical (unpaired) electrons. The highest BCUT2D eigenvalue weighted by molar-refractivity contribution is 6.30. The van der Waals surface area contributed by atoms with Crippen LogP contribution in [0.2, 0.25) is 5.02 Å². The normalized spacial score (nSPS) is 10.1. The third-order valence-corrected chi connectivity index (χ3v) is 3.17. The summed E-state index contributed by atoms with van der Waals surface area (Å²) in [7, 11) is 0. The van der Waals surface area contributed by atoms with E-state index in [1.807, 2.05) is 19.1 Å². The molecule has 2 aromatic carbocycles. The minimum atomic E-state index is -0.425. The van der Waals surface area contributed by atoms with Crippen LogP contribution < -0.4 is 14.8 Å². The predicted octanol–water partition coefficient (Wildman–Crippen LogP) is 4.65. The van der Waals surface area contributed by atoms with E-state index in [4.69, 9.17) is 25.8 Å². The molecule has 0 aliphatic rings. The Balaban J connectivity index is 1.73. The van der Waals surface area contributed by atoms with Crippen molar-refractivity contribution < 1.29 is 19.0 Å². The Morgan fingerprint density at radius 1 is 1.04 bits per heavy atom. The molecular formula is C18H20ClNO4. The molecule has 24 heavy (non-hydrogen) atoms. The van der Waals surface area contributed by atoms with Gasteiger partial charge in [0.25, 0.3) is 0 Å². The van der Waals surface area contributed by atoms with Gasteiger partial charge in [0.2, 0.25) is 0 Å². The molecule has 2 aromatic rings. The first-order chi connectivity index (χ1) is 11.7. The number of carbonyl (C=O) groups is 1. The molecule has 0 unspecified atom stereocenters. The summed E-state index contributed by atoms with van der Waals surface area (Å²) in [5, 5.41) is 3.24. The van der Waals surface area contributed by atoms with Gasteiger partial charge in [-0.3, -0.25) is 0 Å². The van der Waals surface area contributed by atoms with Crippen molar-refractivity contribution in [2.45, 2.75) is 13.3 Å². The van der Waals surface area contributed by atoms with Crippen molar-refractivity contribution in [3.05, 3.63) is 53.6 Å². The zero-order valence-corrected chi connectivity index (χ0v) is 14.2.